The summed E-state index contributed by atoms with van der Waals surface area (Å²) in [5.74, 6) is 1.80. The SMILES string of the molecule is Cc1ccc(-c2cccc(-c3cn(-c4ccccc4)c4ncnc(Nc5ccc(-c6cccc(-c7cn(-c8ccc(F)cc8)c8ncnc(NCc9ccccc9)c78)c6)cc5)c34)c2)cc1Nc1ncnc2c1c(-c1ccccc1)cn2-c1ccccc1. The molecule has 0 fully saturated rings. The largest absolute Gasteiger partial charge is 0.365 e. The van der Waals surface area contributed by atoms with Crippen LogP contribution in [0.2, 0.25) is 0 Å². The molecule has 0 spiro atoms. The maximum absolute atomic E-state index is 14.2. The van der Waals surface area contributed by atoms with E-state index < -0.39 is 0 Å². The fourth-order valence-corrected chi connectivity index (χ4v) is 11.6. The molecule has 0 saturated carbocycles. The normalized spacial score (nSPS) is 11.4. The van der Waals surface area contributed by atoms with Crippen LogP contribution < -0.4 is 16.0 Å². The summed E-state index contributed by atoms with van der Waals surface area (Å²) in [5.41, 5.74) is 19.2. The van der Waals surface area contributed by atoms with Crippen molar-refractivity contribution in [3.05, 3.63) is 291 Å². The Balaban J connectivity index is 0.755. The van der Waals surface area contributed by atoms with Crippen molar-refractivity contribution < 1.29 is 4.39 Å². The number of anilines is 5. The number of hydrogen-bond acceptors (Lipinski definition) is 9. The zero-order valence-electron chi connectivity index (χ0n) is 47.1. The number of halogens is 1. The van der Waals surface area contributed by atoms with Crippen LogP contribution in [0, 0.1) is 12.7 Å². The lowest BCUT2D eigenvalue weighted by molar-refractivity contribution is 0.627. The van der Waals surface area contributed by atoms with Crippen LogP contribution >= 0.6 is 0 Å². The molecule has 9 aromatic carbocycles. The van der Waals surface area contributed by atoms with E-state index >= 15 is 0 Å². The Morgan fingerprint density at radius 3 is 1.34 bits per heavy atom. The van der Waals surface area contributed by atoms with Crippen molar-refractivity contribution in [1.82, 2.24) is 43.6 Å². The van der Waals surface area contributed by atoms with Crippen LogP contribution in [-0.4, -0.2) is 43.6 Å². The molecule has 0 bridgehead atoms. The molecule has 0 amide bonds. The first kappa shape index (κ1) is 52.0. The van der Waals surface area contributed by atoms with Gasteiger partial charge < -0.3 is 29.7 Å². The maximum Gasteiger partial charge on any atom is 0.150 e. The average molecular weight is 1130 g/mol. The summed E-state index contributed by atoms with van der Waals surface area (Å²) < 4.78 is 20.5. The second-order valence-corrected chi connectivity index (χ2v) is 21.4. The van der Waals surface area contributed by atoms with Crippen molar-refractivity contribution >= 4 is 61.9 Å². The number of nitrogens with zero attached hydrogens (tertiary/aromatic N) is 9. The Morgan fingerprint density at radius 2 is 0.782 bits per heavy atom. The fraction of sp³-hybridized carbons (Fsp3) is 0.0270. The number of aromatic nitrogens is 9. The van der Waals surface area contributed by atoms with Crippen molar-refractivity contribution in [2.75, 3.05) is 16.0 Å². The molecule has 6 heterocycles. The van der Waals surface area contributed by atoms with Crippen molar-refractivity contribution in [3.8, 4) is 72.7 Å². The Bertz CT molecular complexity index is 4990. The monoisotopic (exact) mass is 1130 g/mol. The van der Waals surface area contributed by atoms with Crippen LogP contribution in [0.4, 0.5) is 33.2 Å². The second-order valence-electron chi connectivity index (χ2n) is 21.4. The first-order valence-electron chi connectivity index (χ1n) is 28.7. The Labute approximate surface area is 500 Å². The highest BCUT2D eigenvalue weighted by Crippen LogP contribution is 2.42. The van der Waals surface area contributed by atoms with Crippen LogP contribution in [0.5, 0.6) is 0 Å². The highest BCUT2D eigenvalue weighted by atomic mass is 19.1. The molecular weight excluding hydrogens is 1080 g/mol. The topological polar surface area (TPSA) is 128 Å². The summed E-state index contributed by atoms with van der Waals surface area (Å²) in [5, 5.41) is 13.7. The van der Waals surface area contributed by atoms with Gasteiger partial charge in [0.25, 0.3) is 0 Å². The van der Waals surface area contributed by atoms with Gasteiger partial charge in [0.2, 0.25) is 0 Å². The molecule has 0 saturated heterocycles. The van der Waals surface area contributed by atoms with Crippen LogP contribution in [0.3, 0.4) is 0 Å². The minimum atomic E-state index is -0.304. The Morgan fingerprint density at radius 1 is 0.356 bits per heavy atom. The van der Waals surface area contributed by atoms with Gasteiger partial charge in [-0.3, -0.25) is 0 Å². The minimum Gasteiger partial charge on any atom is -0.365 e. The van der Waals surface area contributed by atoms with Crippen molar-refractivity contribution in [2.45, 2.75) is 13.5 Å². The quantitative estimate of drug-likeness (QED) is 0.0919. The molecule has 15 aromatic rings. The predicted octanol–water partition coefficient (Wildman–Crippen LogP) is 17.8. The average Bonchev–Trinajstić information content (AvgIpc) is 1.99. The molecule has 12 nitrogen and oxygen atoms in total. The van der Waals surface area contributed by atoms with Gasteiger partial charge in [0.05, 0.1) is 16.2 Å². The molecule has 13 heteroatoms. The number of aryl methyl sites for hydroxylation is 1. The minimum absolute atomic E-state index is 0.304. The molecule has 0 aliphatic rings. The van der Waals surface area contributed by atoms with E-state index in [4.69, 9.17) is 29.9 Å². The first-order valence-corrected chi connectivity index (χ1v) is 28.7. The number of hydrogen-bond donors (Lipinski definition) is 3. The lowest BCUT2D eigenvalue weighted by atomic mass is 9.97. The van der Waals surface area contributed by atoms with Gasteiger partial charge in [-0.2, -0.15) is 0 Å². The fourth-order valence-electron chi connectivity index (χ4n) is 11.6. The molecule has 87 heavy (non-hydrogen) atoms. The molecule has 3 N–H and O–H groups in total. The molecule has 6 aromatic heterocycles. The zero-order valence-corrected chi connectivity index (χ0v) is 47.1. The molecule has 0 atom stereocenters. The van der Waals surface area contributed by atoms with Crippen molar-refractivity contribution in [3.63, 3.8) is 0 Å². The van der Waals surface area contributed by atoms with E-state index in [2.05, 4.69) is 202 Å². The number of fused-ring (bicyclic) bond motifs is 3. The Kier molecular flexibility index (Phi) is 13.4. The van der Waals surface area contributed by atoms with Crippen LogP contribution in [-0.2, 0) is 6.54 Å². The number of rotatable bonds is 15. The first-order chi connectivity index (χ1) is 42.9. The summed E-state index contributed by atoms with van der Waals surface area (Å²) >= 11 is 0. The number of benzene rings is 9. The standard InChI is InChI=1S/C74H53FN12/c1-48-28-29-54(40-65(48)84-71-67-62(51-18-8-3-9-19-51)42-85(73(67)82-47-79-71)59-24-10-4-11-25-59)53-21-15-23-56(39-53)64-44-86(60-26-12-5-13-27-60)74-68(64)70(78-46-81-74)83-58-34-30-50(31-35-58)52-20-14-22-55(38-52)63-43-87(61-36-32-57(75)33-37-61)72-66(63)69(77-45-80-72)76-41-49-16-6-2-7-17-49/h2-40,42-47H,41H2,1H3,(H,76,77,80)(H,78,81,83)(H,79,82,84). The lowest BCUT2D eigenvalue weighted by Crippen LogP contribution is -2.03. The van der Waals surface area contributed by atoms with Gasteiger partial charge in [-0.15, -0.1) is 0 Å². The van der Waals surface area contributed by atoms with Crippen molar-refractivity contribution in [1.29, 1.82) is 0 Å². The van der Waals surface area contributed by atoms with E-state index in [9.17, 15) is 4.39 Å². The molecular formula is C74H53FN12. The summed E-state index contributed by atoms with van der Waals surface area (Å²) in [4.78, 5) is 29.1. The van der Waals surface area contributed by atoms with E-state index in [0.29, 0.717) is 23.8 Å². The van der Waals surface area contributed by atoms with Gasteiger partial charge in [-0.25, -0.2) is 34.3 Å². The summed E-state index contributed by atoms with van der Waals surface area (Å²) in [7, 11) is 0. The van der Waals surface area contributed by atoms with Gasteiger partial charge in [0, 0.05) is 70.3 Å². The zero-order chi connectivity index (χ0) is 58.2. The van der Waals surface area contributed by atoms with Crippen LogP contribution in [0.15, 0.2) is 274 Å². The predicted molar refractivity (Wildman–Crippen MR) is 349 cm³/mol. The highest BCUT2D eigenvalue weighted by molar-refractivity contribution is 6.06. The summed E-state index contributed by atoms with van der Waals surface area (Å²) in [6.07, 6.45) is 11.2. The third kappa shape index (κ3) is 10.0. The lowest BCUT2D eigenvalue weighted by Gasteiger charge is -2.14. The molecule has 0 aliphatic carbocycles. The molecule has 0 aliphatic heterocycles. The highest BCUT2D eigenvalue weighted by Gasteiger charge is 2.22. The molecule has 0 radical (unpaired) electrons. The number of para-hydroxylation sites is 2. The third-order valence-electron chi connectivity index (χ3n) is 16.0. The molecule has 0 unspecified atom stereocenters. The molecule has 15 rings (SSSR count). The molecule has 416 valence electrons. The van der Waals surface area contributed by atoms with Gasteiger partial charge >= 0.3 is 0 Å². The van der Waals surface area contributed by atoms with E-state index in [1.165, 1.54) is 12.1 Å². The van der Waals surface area contributed by atoms with Crippen LogP contribution in [0.1, 0.15) is 11.1 Å². The van der Waals surface area contributed by atoms with Gasteiger partial charge in [0.1, 0.15) is 42.3 Å². The van der Waals surface area contributed by atoms with E-state index in [0.717, 1.165) is 128 Å². The second kappa shape index (κ2) is 22.4. The van der Waals surface area contributed by atoms with E-state index in [1.54, 1.807) is 31.1 Å². The smallest absolute Gasteiger partial charge is 0.150 e. The van der Waals surface area contributed by atoms with Gasteiger partial charge in [0.15, 0.2) is 16.9 Å². The summed E-state index contributed by atoms with van der Waals surface area (Å²) in [6.45, 7) is 2.69. The summed E-state index contributed by atoms with van der Waals surface area (Å²) in [6, 6.07) is 79.7. The Hall–Kier alpha value is -11.8. The van der Waals surface area contributed by atoms with E-state index in [1.807, 2.05) is 65.2 Å². The van der Waals surface area contributed by atoms with Crippen LogP contribution in [0.25, 0.3) is 106 Å². The maximum atomic E-state index is 14.2. The third-order valence-corrected chi connectivity index (χ3v) is 16.0. The number of nitrogens with one attached hydrogen (secondary N) is 3. The van der Waals surface area contributed by atoms with Gasteiger partial charge in [-0.05, 0) is 136 Å². The van der Waals surface area contributed by atoms with Gasteiger partial charge in [-0.1, -0.05) is 158 Å². The van der Waals surface area contributed by atoms with Crippen molar-refractivity contribution in [2.24, 2.45) is 0 Å². The van der Waals surface area contributed by atoms with E-state index in [-0.39, 0.29) is 5.82 Å².